The molecule has 5 nitrogen and oxygen atoms in total. The van der Waals surface area contributed by atoms with Gasteiger partial charge in [-0.25, -0.2) is 0 Å². The molecule has 1 aromatic heterocycles. The zero-order valence-corrected chi connectivity index (χ0v) is 15.2. The van der Waals surface area contributed by atoms with Gasteiger partial charge in [-0.1, -0.05) is 31.5 Å². The molecule has 4 aliphatic rings. The van der Waals surface area contributed by atoms with E-state index in [1.165, 1.54) is 12.7 Å². The molecule has 4 heterocycles. The molecule has 2 unspecified atom stereocenters. The first kappa shape index (κ1) is 15.9. The van der Waals surface area contributed by atoms with Gasteiger partial charge >= 0.3 is 5.97 Å². The topological polar surface area (TPSA) is 62.4 Å². The predicted octanol–water partition coefficient (Wildman–Crippen LogP) is 2.78. The van der Waals surface area contributed by atoms with Crippen LogP contribution in [0.1, 0.15) is 37.4 Å². The summed E-state index contributed by atoms with van der Waals surface area (Å²) in [6.07, 6.45) is 3.21. The number of nitrogens with zero attached hydrogens (tertiary/aromatic N) is 1. The van der Waals surface area contributed by atoms with Crippen LogP contribution >= 0.6 is 0 Å². The Morgan fingerprint density at radius 2 is 2.19 bits per heavy atom. The fraction of sp³-hybridized carbons (Fsp3) is 0.524. The Bertz CT molecular complexity index is 917. The van der Waals surface area contributed by atoms with E-state index in [0.717, 1.165) is 35.9 Å². The van der Waals surface area contributed by atoms with Crippen LogP contribution in [0.15, 0.2) is 24.3 Å². The van der Waals surface area contributed by atoms with Crippen molar-refractivity contribution in [1.29, 1.82) is 0 Å². The maximum absolute atomic E-state index is 13.3. The summed E-state index contributed by atoms with van der Waals surface area (Å²) in [7, 11) is 1.47. The summed E-state index contributed by atoms with van der Waals surface area (Å²) in [6, 6.07) is 8.12. The van der Waals surface area contributed by atoms with Crippen LogP contribution in [0, 0.1) is 11.8 Å². The van der Waals surface area contributed by atoms with Gasteiger partial charge in [-0.3, -0.25) is 9.59 Å². The summed E-state index contributed by atoms with van der Waals surface area (Å²) in [5, 5.41) is 1.16. The van der Waals surface area contributed by atoms with E-state index in [-0.39, 0.29) is 23.8 Å². The number of ether oxygens (including phenoxy) is 1. The average Bonchev–Trinajstić information content (AvgIpc) is 3.00. The minimum absolute atomic E-state index is 0.0820. The lowest BCUT2D eigenvalue weighted by Crippen LogP contribution is -2.69. The number of piperidine rings is 2. The summed E-state index contributed by atoms with van der Waals surface area (Å²) >= 11 is 0. The minimum Gasteiger partial charge on any atom is -0.468 e. The average molecular weight is 352 g/mol. The van der Waals surface area contributed by atoms with Crippen LogP contribution in [0.25, 0.3) is 10.9 Å². The van der Waals surface area contributed by atoms with Gasteiger partial charge in [0.2, 0.25) is 5.91 Å². The monoisotopic (exact) mass is 352 g/mol. The first-order valence-electron chi connectivity index (χ1n) is 9.60. The molecule has 26 heavy (non-hydrogen) atoms. The molecule has 1 amide bonds. The number of esters is 1. The number of nitrogens with one attached hydrogen (secondary N) is 1. The van der Waals surface area contributed by atoms with Gasteiger partial charge in [0, 0.05) is 29.1 Å². The molecule has 136 valence electrons. The summed E-state index contributed by atoms with van der Waals surface area (Å²) in [5.74, 6) is 0.288. The number of rotatable bonds is 2. The molecular formula is C21H24N2O3. The van der Waals surface area contributed by atoms with Crippen molar-refractivity contribution in [1.82, 2.24) is 9.88 Å². The van der Waals surface area contributed by atoms with Crippen molar-refractivity contribution < 1.29 is 14.3 Å². The third kappa shape index (κ3) is 1.76. The first-order valence-corrected chi connectivity index (χ1v) is 9.60. The summed E-state index contributed by atoms with van der Waals surface area (Å²) < 4.78 is 5.36. The maximum Gasteiger partial charge on any atom is 0.319 e. The number of aromatic amines is 1. The van der Waals surface area contributed by atoms with Crippen LogP contribution < -0.4 is 0 Å². The molecule has 1 N–H and O–H groups in total. The van der Waals surface area contributed by atoms with Gasteiger partial charge in [-0.2, -0.15) is 0 Å². The number of carbonyl (C=O) groups excluding carboxylic acids is 2. The van der Waals surface area contributed by atoms with E-state index in [9.17, 15) is 9.59 Å². The van der Waals surface area contributed by atoms with E-state index in [0.29, 0.717) is 18.9 Å². The molecule has 1 saturated carbocycles. The normalized spacial score (nSPS) is 32.5. The third-order valence-electron chi connectivity index (χ3n) is 7.01. The Balaban J connectivity index is 1.83. The van der Waals surface area contributed by atoms with Crippen molar-refractivity contribution in [2.45, 2.75) is 44.1 Å². The fourth-order valence-electron chi connectivity index (χ4n) is 6.02. The van der Waals surface area contributed by atoms with Crippen molar-refractivity contribution in [3.8, 4) is 0 Å². The van der Waals surface area contributed by atoms with Crippen LogP contribution in [0.5, 0.6) is 0 Å². The summed E-state index contributed by atoms with van der Waals surface area (Å²) in [4.78, 5) is 31.8. The highest BCUT2D eigenvalue weighted by atomic mass is 16.5. The Morgan fingerprint density at radius 3 is 2.96 bits per heavy atom. The fourth-order valence-corrected chi connectivity index (χ4v) is 6.02. The molecule has 4 atom stereocenters. The molecule has 4 bridgehead atoms. The van der Waals surface area contributed by atoms with Gasteiger partial charge in [0.25, 0.3) is 0 Å². The van der Waals surface area contributed by atoms with Crippen molar-refractivity contribution in [2.24, 2.45) is 11.8 Å². The van der Waals surface area contributed by atoms with E-state index in [4.69, 9.17) is 4.74 Å². The van der Waals surface area contributed by atoms with Crippen molar-refractivity contribution in [3.05, 3.63) is 35.5 Å². The van der Waals surface area contributed by atoms with Crippen LogP contribution in [-0.2, 0) is 26.2 Å². The lowest BCUT2D eigenvalue weighted by molar-refractivity contribution is -0.172. The predicted molar refractivity (Wildman–Crippen MR) is 97.7 cm³/mol. The largest absolute Gasteiger partial charge is 0.468 e. The van der Waals surface area contributed by atoms with Gasteiger partial charge in [0.15, 0.2) is 0 Å². The highest BCUT2D eigenvalue weighted by Gasteiger charge is 2.65. The number of carbonyl (C=O) groups is 2. The van der Waals surface area contributed by atoms with Gasteiger partial charge in [-0.15, -0.1) is 0 Å². The van der Waals surface area contributed by atoms with E-state index in [1.807, 2.05) is 17.0 Å². The lowest BCUT2D eigenvalue weighted by Gasteiger charge is -2.57. The summed E-state index contributed by atoms with van der Waals surface area (Å²) in [6.45, 7) is 2.85. The maximum atomic E-state index is 13.3. The molecular weight excluding hydrogens is 328 g/mol. The van der Waals surface area contributed by atoms with Gasteiger partial charge < -0.3 is 14.6 Å². The zero-order valence-electron chi connectivity index (χ0n) is 15.2. The van der Waals surface area contributed by atoms with Crippen LogP contribution in [0.2, 0.25) is 0 Å². The quantitative estimate of drug-likeness (QED) is 0.846. The van der Waals surface area contributed by atoms with Crippen LogP contribution in [0.3, 0.4) is 0 Å². The van der Waals surface area contributed by atoms with Crippen molar-refractivity contribution in [3.63, 3.8) is 0 Å². The second-order valence-corrected chi connectivity index (χ2v) is 8.02. The molecule has 3 fully saturated rings. The lowest BCUT2D eigenvalue weighted by atomic mass is 9.56. The van der Waals surface area contributed by atoms with Gasteiger partial charge in [0.1, 0.15) is 5.41 Å². The standard InChI is InChI=1S/C21H24N2O3/c1-3-12-10-13-11-21(20(25)26-2)17-15(8-9-23(18(12)21)19(13)24)14-6-4-5-7-16(14)22-17/h4-7,12-13,18,22H,3,8-11H2,1-2H3/t12-,13?,18?,21+/m0/s1. The van der Waals surface area contributed by atoms with E-state index < -0.39 is 5.41 Å². The minimum atomic E-state index is -0.767. The Kier molecular flexibility index (Phi) is 3.27. The molecule has 2 saturated heterocycles. The number of fused-ring (bicyclic) bond motifs is 4. The van der Waals surface area contributed by atoms with Crippen molar-refractivity contribution >= 4 is 22.8 Å². The highest BCUT2D eigenvalue weighted by Crippen LogP contribution is 2.55. The molecule has 0 radical (unpaired) electrons. The Labute approximate surface area is 152 Å². The Morgan fingerprint density at radius 1 is 1.38 bits per heavy atom. The SMILES string of the molecule is CC[C@H]1CC2C[C@@]3(C(=O)OC)c4[nH]c5ccccc5c4CCN(C2=O)C13. The van der Waals surface area contributed by atoms with E-state index >= 15 is 0 Å². The van der Waals surface area contributed by atoms with Crippen molar-refractivity contribution in [2.75, 3.05) is 13.7 Å². The first-order chi connectivity index (χ1) is 12.6. The van der Waals surface area contributed by atoms with Crippen LogP contribution in [-0.4, -0.2) is 41.5 Å². The summed E-state index contributed by atoms with van der Waals surface area (Å²) in [5.41, 5.74) is 2.48. The second-order valence-electron chi connectivity index (χ2n) is 8.02. The molecule has 6 rings (SSSR count). The number of hydrogen-bond acceptors (Lipinski definition) is 3. The van der Waals surface area contributed by atoms with E-state index in [1.54, 1.807) is 0 Å². The van der Waals surface area contributed by atoms with E-state index in [2.05, 4.69) is 24.0 Å². The number of H-pyrrole nitrogens is 1. The molecule has 1 aliphatic carbocycles. The van der Waals surface area contributed by atoms with Gasteiger partial charge in [0.05, 0.1) is 13.2 Å². The number of aromatic nitrogens is 1. The molecule has 2 aromatic rings. The molecule has 1 aromatic carbocycles. The number of para-hydroxylation sites is 1. The Hall–Kier alpha value is -2.30. The molecule has 3 aliphatic heterocycles. The highest BCUT2D eigenvalue weighted by molar-refractivity contribution is 5.95. The molecule has 0 spiro atoms. The second kappa shape index (κ2) is 5.35. The third-order valence-corrected chi connectivity index (χ3v) is 7.01. The van der Waals surface area contributed by atoms with Crippen LogP contribution in [0.4, 0.5) is 0 Å². The smallest absolute Gasteiger partial charge is 0.319 e. The number of benzene rings is 1. The molecule has 5 heteroatoms. The van der Waals surface area contributed by atoms with Gasteiger partial charge in [-0.05, 0) is 36.8 Å². The zero-order chi connectivity index (χ0) is 18.1. The number of methoxy groups -OCH3 is 1. The number of amides is 1. The number of hydrogen-bond donors (Lipinski definition) is 1.